The Labute approximate surface area is 116 Å². The van der Waals surface area contributed by atoms with Gasteiger partial charge >= 0.3 is 0 Å². The summed E-state index contributed by atoms with van der Waals surface area (Å²) in [5, 5.41) is 0.939. The number of carbonyl (C=O) groups is 1. The predicted molar refractivity (Wildman–Crippen MR) is 72.9 cm³/mol. The maximum atomic E-state index is 11.4. The fourth-order valence-electron chi connectivity index (χ4n) is 1.68. The zero-order valence-corrected chi connectivity index (χ0v) is 11.5. The number of carbonyl (C=O) groups excluding carboxylic acids is 1. The van der Waals surface area contributed by atoms with E-state index >= 15 is 0 Å². The van der Waals surface area contributed by atoms with Crippen molar-refractivity contribution in [2.45, 2.75) is 18.9 Å². The summed E-state index contributed by atoms with van der Waals surface area (Å²) < 4.78 is 0. The molecule has 0 saturated heterocycles. The third-order valence-corrected chi connectivity index (χ3v) is 3.06. The number of Topliss-reactive ketones (excluding diaryl/α,β-unsaturated/α-hetero) is 1. The summed E-state index contributed by atoms with van der Waals surface area (Å²) in [7, 11) is 0. The van der Waals surface area contributed by atoms with Gasteiger partial charge in [-0.15, -0.1) is 0 Å². The van der Waals surface area contributed by atoms with Gasteiger partial charge in [0.05, 0.1) is 5.69 Å². The van der Waals surface area contributed by atoms with Crippen LogP contribution in [0.4, 0.5) is 0 Å². The number of halogens is 1. The quantitative estimate of drug-likeness (QED) is 0.480. The number of hydrogen-bond donors (Lipinski definition) is 0. The van der Waals surface area contributed by atoms with Gasteiger partial charge in [0.2, 0.25) is 0 Å². The van der Waals surface area contributed by atoms with Crippen LogP contribution < -0.4 is 0 Å². The van der Waals surface area contributed by atoms with Gasteiger partial charge in [0.1, 0.15) is 0 Å². The van der Waals surface area contributed by atoms with Crippen molar-refractivity contribution in [3.63, 3.8) is 0 Å². The lowest BCUT2D eigenvalue weighted by atomic mass is 10.1. The number of ketones is 1. The molecule has 1 heterocycles. The summed E-state index contributed by atoms with van der Waals surface area (Å²) in [6.07, 6.45) is 0. The van der Waals surface area contributed by atoms with Gasteiger partial charge in [-0.25, -0.2) is 4.98 Å². The predicted octanol–water partition coefficient (Wildman–Crippen LogP) is 3.21. The molecular formula is C13H10ClN2OS-. The van der Waals surface area contributed by atoms with Crippen LogP contribution in [0.3, 0.4) is 0 Å². The van der Waals surface area contributed by atoms with E-state index < -0.39 is 0 Å². The van der Waals surface area contributed by atoms with E-state index in [1.54, 1.807) is 19.1 Å². The average Bonchev–Trinajstić information content (AvgIpc) is 2.28. The fourth-order valence-corrected chi connectivity index (χ4v) is 2.18. The van der Waals surface area contributed by atoms with E-state index in [2.05, 4.69) is 9.97 Å². The summed E-state index contributed by atoms with van der Waals surface area (Å²) >= 11 is 11.0. The Bertz CT molecular complexity index is 588. The molecule has 0 spiro atoms. The molecule has 1 aromatic carbocycles. The lowest BCUT2D eigenvalue weighted by Crippen LogP contribution is -2.06. The second-order valence-electron chi connectivity index (χ2n) is 3.88. The van der Waals surface area contributed by atoms with Crippen LogP contribution in [0.25, 0.3) is 11.4 Å². The largest absolute Gasteiger partial charge is 0.759 e. The van der Waals surface area contributed by atoms with Gasteiger partial charge < -0.3 is 12.6 Å². The van der Waals surface area contributed by atoms with Gasteiger partial charge in [-0.1, -0.05) is 16.6 Å². The van der Waals surface area contributed by atoms with Crippen molar-refractivity contribution in [3.05, 3.63) is 40.5 Å². The Balaban J connectivity index is 2.54. The Morgan fingerprint density at radius 3 is 2.33 bits per heavy atom. The Morgan fingerprint density at radius 1 is 1.22 bits per heavy atom. The summed E-state index contributed by atoms with van der Waals surface area (Å²) in [6, 6.07) is 7.16. The van der Waals surface area contributed by atoms with E-state index in [1.807, 2.05) is 12.1 Å². The van der Waals surface area contributed by atoms with Crippen molar-refractivity contribution in [2.75, 3.05) is 0 Å². The molecule has 3 nitrogen and oxygen atoms in total. The zero-order chi connectivity index (χ0) is 13.3. The van der Waals surface area contributed by atoms with Crippen LogP contribution in [-0.4, -0.2) is 15.8 Å². The van der Waals surface area contributed by atoms with Crippen molar-refractivity contribution in [1.29, 1.82) is 0 Å². The first-order valence-electron chi connectivity index (χ1n) is 5.31. The monoisotopic (exact) mass is 277 g/mol. The number of hydrogen-bond acceptors (Lipinski definition) is 4. The molecule has 0 atom stereocenters. The SMILES string of the molecule is CC(=O)c1c(C)nc(-c2ccc(Cl)cc2)nc1[S-]. The molecule has 92 valence electrons. The number of aryl methyl sites for hydroxylation is 1. The van der Waals surface area contributed by atoms with Gasteiger partial charge in [-0.2, -0.15) is 0 Å². The molecule has 0 radical (unpaired) electrons. The minimum Gasteiger partial charge on any atom is -0.759 e. The Hall–Kier alpha value is -1.52. The first-order chi connectivity index (χ1) is 8.49. The molecule has 0 fully saturated rings. The first-order valence-corrected chi connectivity index (χ1v) is 6.10. The van der Waals surface area contributed by atoms with Crippen LogP contribution in [0.5, 0.6) is 0 Å². The average molecular weight is 278 g/mol. The summed E-state index contributed by atoms with van der Waals surface area (Å²) in [5.74, 6) is 0.402. The highest BCUT2D eigenvalue weighted by Crippen LogP contribution is 2.21. The van der Waals surface area contributed by atoms with Gasteiger partial charge in [0.15, 0.2) is 11.6 Å². The second-order valence-corrected chi connectivity index (χ2v) is 4.70. The molecule has 0 saturated carbocycles. The molecule has 1 aromatic heterocycles. The lowest BCUT2D eigenvalue weighted by Gasteiger charge is -2.14. The van der Waals surface area contributed by atoms with Crippen LogP contribution in [-0.2, 0) is 12.6 Å². The van der Waals surface area contributed by atoms with Gasteiger partial charge in [0, 0.05) is 16.1 Å². The van der Waals surface area contributed by atoms with Gasteiger partial charge in [-0.05, 0) is 38.1 Å². The molecule has 0 bridgehead atoms. The molecule has 0 aliphatic rings. The highest BCUT2D eigenvalue weighted by molar-refractivity contribution is 7.58. The Kier molecular flexibility index (Phi) is 3.59. The molecule has 2 aromatic rings. The number of benzene rings is 1. The maximum Gasteiger partial charge on any atom is 0.161 e. The molecule has 0 aliphatic carbocycles. The zero-order valence-electron chi connectivity index (χ0n) is 9.90. The van der Waals surface area contributed by atoms with Gasteiger partial charge in [-0.3, -0.25) is 9.78 Å². The van der Waals surface area contributed by atoms with Crippen molar-refractivity contribution in [3.8, 4) is 11.4 Å². The normalized spacial score (nSPS) is 10.4. The highest BCUT2D eigenvalue weighted by atomic mass is 35.5. The fraction of sp³-hybridized carbons (Fsp3) is 0.154. The number of rotatable bonds is 2. The van der Waals surface area contributed by atoms with Crippen LogP contribution >= 0.6 is 11.6 Å². The van der Waals surface area contributed by atoms with Crippen LogP contribution in [0.1, 0.15) is 23.0 Å². The maximum absolute atomic E-state index is 11.4. The van der Waals surface area contributed by atoms with E-state index in [0.717, 1.165) is 5.56 Å². The number of nitrogens with zero attached hydrogens (tertiary/aromatic N) is 2. The summed E-state index contributed by atoms with van der Waals surface area (Å²) in [5.41, 5.74) is 1.85. The van der Waals surface area contributed by atoms with Gasteiger partial charge in [0.25, 0.3) is 0 Å². The van der Waals surface area contributed by atoms with E-state index in [0.29, 0.717) is 27.1 Å². The lowest BCUT2D eigenvalue weighted by molar-refractivity contribution is 0.101. The molecule has 0 aliphatic heterocycles. The molecule has 2 rings (SSSR count). The molecule has 0 unspecified atom stereocenters. The van der Waals surface area contributed by atoms with E-state index in [-0.39, 0.29) is 5.78 Å². The minimum absolute atomic E-state index is 0.111. The first kappa shape index (κ1) is 12.9. The topological polar surface area (TPSA) is 42.9 Å². The second kappa shape index (κ2) is 5.00. The number of aromatic nitrogens is 2. The van der Waals surface area contributed by atoms with Crippen LogP contribution in [0.2, 0.25) is 5.02 Å². The minimum atomic E-state index is -0.111. The highest BCUT2D eigenvalue weighted by Gasteiger charge is 2.09. The molecule has 5 heteroatoms. The summed E-state index contributed by atoms with van der Waals surface area (Å²) in [6.45, 7) is 3.22. The van der Waals surface area contributed by atoms with E-state index in [9.17, 15) is 4.79 Å². The molecule has 0 amide bonds. The van der Waals surface area contributed by atoms with Crippen molar-refractivity contribution >= 4 is 30.0 Å². The summed E-state index contributed by atoms with van der Waals surface area (Å²) in [4.78, 5) is 19.9. The molecular weight excluding hydrogens is 268 g/mol. The van der Waals surface area contributed by atoms with Crippen molar-refractivity contribution in [2.24, 2.45) is 0 Å². The third kappa shape index (κ3) is 2.49. The smallest absolute Gasteiger partial charge is 0.161 e. The molecule has 18 heavy (non-hydrogen) atoms. The molecule has 0 N–H and O–H groups in total. The van der Waals surface area contributed by atoms with Crippen LogP contribution in [0.15, 0.2) is 29.3 Å². The third-order valence-electron chi connectivity index (χ3n) is 2.51. The van der Waals surface area contributed by atoms with Crippen molar-refractivity contribution < 1.29 is 4.79 Å². The van der Waals surface area contributed by atoms with E-state index in [1.165, 1.54) is 6.92 Å². The van der Waals surface area contributed by atoms with Crippen LogP contribution in [0, 0.1) is 6.92 Å². The van der Waals surface area contributed by atoms with E-state index in [4.69, 9.17) is 24.2 Å². The Morgan fingerprint density at radius 2 is 1.83 bits per heavy atom. The van der Waals surface area contributed by atoms with Crippen molar-refractivity contribution in [1.82, 2.24) is 9.97 Å². The standard InChI is InChI=1S/C13H11ClN2OS/c1-7-11(8(2)17)13(18)16-12(15-7)9-3-5-10(14)6-4-9/h3-6H,1-2H3,(H,15,16,18)/p-1.